The summed E-state index contributed by atoms with van der Waals surface area (Å²) < 4.78 is 0. The molecule has 1 aromatic rings. The van der Waals surface area contributed by atoms with Gasteiger partial charge in [-0.25, -0.2) is 0 Å². The van der Waals surface area contributed by atoms with Gasteiger partial charge in [0, 0.05) is 18.2 Å². The second-order valence-electron chi connectivity index (χ2n) is 7.26. The maximum absolute atomic E-state index is 3.58. The fourth-order valence-electron chi connectivity index (χ4n) is 3.18. The van der Waals surface area contributed by atoms with Crippen LogP contribution in [0.2, 0.25) is 0 Å². The van der Waals surface area contributed by atoms with E-state index in [2.05, 4.69) is 58.1 Å². The summed E-state index contributed by atoms with van der Waals surface area (Å²) in [6, 6.07) is 7.00. The van der Waals surface area contributed by atoms with Crippen LogP contribution in [0.25, 0.3) is 0 Å². The monoisotopic (exact) mass is 259 g/mol. The van der Waals surface area contributed by atoms with Crippen LogP contribution < -0.4 is 5.32 Å². The highest BCUT2D eigenvalue weighted by atomic mass is 14.9. The van der Waals surface area contributed by atoms with E-state index in [0.717, 1.165) is 12.5 Å². The lowest BCUT2D eigenvalue weighted by Crippen LogP contribution is -2.12. The van der Waals surface area contributed by atoms with Crippen LogP contribution in [0.5, 0.6) is 0 Å². The summed E-state index contributed by atoms with van der Waals surface area (Å²) in [4.78, 5) is 0. The van der Waals surface area contributed by atoms with Gasteiger partial charge in [0.25, 0.3) is 0 Å². The number of rotatable bonds is 4. The molecule has 0 bridgehead atoms. The summed E-state index contributed by atoms with van der Waals surface area (Å²) in [6.45, 7) is 12.7. The molecule has 2 unspecified atom stereocenters. The minimum Gasteiger partial charge on any atom is -0.384 e. The average Bonchev–Trinajstić information content (AvgIpc) is 2.71. The van der Waals surface area contributed by atoms with Crippen molar-refractivity contribution in [1.29, 1.82) is 0 Å². The van der Waals surface area contributed by atoms with Gasteiger partial charge in [-0.15, -0.1) is 0 Å². The van der Waals surface area contributed by atoms with E-state index in [-0.39, 0.29) is 5.41 Å². The van der Waals surface area contributed by atoms with E-state index in [9.17, 15) is 0 Å². The Balaban J connectivity index is 2.18. The SMILES string of the molecule is CCCC(C)CC1CNc2ccc(C(C)(C)C)cc21. The Morgan fingerprint density at radius 3 is 2.68 bits per heavy atom. The number of hydrogen-bond acceptors (Lipinski definition) is 1. The van der Waals surface area contributed by atoms with E-state index in [1.54, 1.807) is 5.56 Å². The quantitative estimate of drug-likeness (QED) is 0.771. The average molecular weight is 259 g/mol. The molecule has 0 radical (unpaired) electrons. The molecule has 1 heteroatoms. The molecular weight excluding hydrogens is 230 g/mol. The summed E-state index contributed by atoms with van der Waals surface area (Å²) in [7, 11) is 0. The molecule has 0 spiro atoms. The fraction of sp³-hybridized carbons (Fsp3) is 0.667. The number of benzene rings is 1. The minimum absolute atomic E-state index is 0.247. The molecule has 106 valence electrons. The standard InChI is InChI=1S/C18H29N/c1-6-7-13(2)10-14-12-19-17-9-8-15(11-16(14)17)18(3,4)5/h8-9,11,13-14,19H,6-7,10,12H2,1-5H3. The zero-order chi connectivity index (χ0) is 14.0. The van der Waals surface area contributed by atoms with Gasteiger partial charge in [0.15, 0.2) is 0 Å². The van der Waals surface area contributed by atoms with Gasteiger partial charge >= 0.3 is 0 Å². The second kappa shape index (κ2) is 5.56. The Kier molecular flexibility index (Phi) is 4.23. The number of hydrogen-bond donors (Lipinski definition) is 1. The first-order valence-corrected chi connectivity index (χ1v) is 7.80. The largest absolute Gasteiger partial charge is 0.384 e. The third-order valence-electron chi connectivity index (χ3n) is 4.36. The third-order valence-corrected chi connectivity index (χ3v) is 4.36. The molecule has 0 saturated heterocycles. The van der Waals surface area contributed by atoms with Gasteiger partial charge in [-0.1, -0.05) is 59.6 Å². The van der Waals surface area contributed by atoms with Crippen molar-refractivity contribution in [2.24, 2.45) is 5.92 Å². The molecule has 0 amide bonds. The lowest BCUT2D eigenvalue weighted by Gasteiger charge is -2.21. The predicted octanol–water partition coefficient (Wildman–Crippen LogP) is 5.32. The van der Waals surface area contributed by atoms with Gasteiger partial charge in [0.2, 0.25) is 0 Å². The van der Waals surface area contributed by atoms with Gasteiger partial charge in [0.05, 0.1) is 0 Å². The number of nitrogens with one attached hydrogen (secondary N) is 1. The van der Waals surface area contributed by atoms with Crippen LogP contribution in [0.15, 0.2) is 18.2 Å². The van der Waals surface area contributed by atoms with Crippen molar-refractivity contribution in [2.75, 3.05) is 11.9 Å². The van der Waals surface area contributed by atoms with Gasteiger partial charge in [-0.05, 0) is 34.9 Å². The Bertz CT molecular complexity index is 428. The highest BCUT2D eigenvalue weighted by Gasteiger charge is 2.25. The zero-order valence-corrected chi connectivity index (χ0v) is 13.2. The van der Waals surface area contributed by atoms with E-state index in [1.807, 2.05) is 0 Å². The van der Waals surface area contributed by atoms with Crippen molar-refractivity contribution >= 4 is 5.69 Å². The van der Waals surface area contributed by atoms with Gasteiger partial charge in [0.1, 0.15) is 0 Å². The fourth-order valence-corrected chi connectivity index (χ4v) is 3.18. The lowest BCUT2D eigenvalue weighted by molar-refractivity contribution is 0.448. The molecule has 1 aliphatic rings. The number of anilines is 1. The summed E-state index contributed by atoms with van der Waals surface area (Å²) >= 11 is 0. The van der Waals surface area contributed by atoms with Gasteiger partial charge in [-0.2, -0.15) is 0 Å². The van der Waals surface area contributed by atoms with Gasteiger partial charge in [-0.3, -0.25) is 0 Å². The topological polar surface area (TPSA) is 12.0 Å². The lowest BCUT2D eigenvalue weighted by atomic mass is 9.83. The molecule has 2 rings (SSSR count). The van der Waals surface area contributed by atoms with Crippen LogP contribution in [0.1, 0.15) is 70.9 Å². The van der Waals surface area contributed by atoms with Crippen molar-refractivity contribution in [3.05, 3.63) is 29.3 Å². The van der Waals surface area contributed by atoms with E-state index >= 15 is 0 Å². The molecule has 0 saturated carbocycles. The maximum atomic E-state index is 3.58. The molecule has 0 fully saturated rings. The summed E-state index contributed by atoms with van der Waals surface area (Å²) in [5, 5.41) is 3.58. The Morgan fingerprint density at radius 2 is 2.05 bits per heavy atom. The van der Waals surface area contributed by atoms with Crippen LogP contribution in [0.4, 0.5) is 5.69 Å². The van der Waals surface area contributed by atoms with Crippen molar-refractivity contribution in [1.82, 2.24) is 0 Å². The first kappa shape index (κ1) is 14.4. The van der Waals surface area contributed by atoms with Crippen molar-refractivity contribution < 1.29 is 0 Å². The van der Waals surface area contributed by atoms with Crippen molar-refractivity contribution in [3.63, 3.8) is 0 Å². The smallest absolute Gasteiger partial charge is 0.0376 e. The van der Waals surface area contributed by atoms with E-state index < -0.39 is 0 Å². The van der Waals surface area contributed by atoms with Crippen LogP contribution in [0.3, 0.4) is 0 Å². The second-order valence-corrected chi connectivity index (χ2v) is 7.26. The van der Waals surface area contributed by atoms with Gasteiger partial charge < -0.3 is 5.32 Å². The maximum Gasteiger partial charge on any atom is 0.0376 e. The van der Waals surface area contributed by atoms with Crippen molar-refractivity contribution in [2.45, 2.75) is 65.2 Å². The molecule has 2 atom stereocenters. The van der Waals surface area contributed by atoms with Crippen LogP contribution >= 0.6 is 0 Å². The van der Waals surface area contributed by atoms with Crippen molar-refractivity contribution in [3.8, 4) is 0 Å². The summed E-state index contributed by atoms with van der Waals surface area (Å²) in [6.07, 6.45) is 3.97. The molecule has 0 aromatic heterocycles. The van der Waals surface area contributed by atoms with E-state index in [4.69, 9.17) is 0 Å². The Hall–Kier alpha value is -0.980. The van der Waals surface area contributed by atoms with Crippen LogP contribution in [-0.2, 0) is 5.41 Å². The normalized spacial score (nSPS) is 19.9. The molecule has 1 aromatic carbocycles. The molecule has 1 nitrogen and oxygen atoms in total. The highest BCUT2D eigenvalue weighted by Crippen LogP contribution is 2.38. The van der Waals surface area contributed by atoms with Crippen LogP contribution in [0, 0.1) is 5.92 Å². The van der Waals surface area contributed by atoms with E-state index in [1.165, 1.54) is 30.5 Å². The minimum atomic E-state index is 0.247. The molecule has 0 aliphatic carbocycles. The highest BCUT2D eigenvalue weighted by molar-refractivity contribution is 5.59. The first-order valence-electron chi connectivity index (χ1n) is 7.80. The zero-order valence-electron chi connectivity index (χ0n) is 13.2. The molecular formula is C18H29N. The van der Waals surface area contributed by atoms with E-state index in [0.29, 0.717) is 5.92 Å². The number of fused-ring (bicyclic) bond motifs is 1. The molecule has 19 heavy (non-hydrogen) atoms. The predicted molar refractivity (Wildman–Crippen MR) is 85.1 cm³/mol. The molecule has 1 N–H and O–H groups in total. The summed E-state index contributed by atoms with van der Waals surface area (Å²) in [5.74, 6) is 1.54. The first-order chi connectivity index (χ1) is 8.91. The summed E-state index contributed by atoms with van der Waals surface area (Å²) in [5.41, 5.74) is 4.62. The third kappa shape index (κ3) is 3.32. The Labute approximate surface area is 118 Å². The Morgan fingerprint density at radius 1 is 1.32 bits per heavy atom. The van der Waals surface area contributed by atoms with Crippen LogP contribution in [-0.4, -0.2) is 6.54 Å². The molecule has 1 heterocycles. The molecule has 1 aliphatic heterocycles.